The van der Waals surface area contributed by atoms with E-state index in [2.05, 4.69) is 20.8 Å². The number of sulfonamides is 1. The van der Waals surface area contributed by atoms with Crippen molar-refractivity contribution < 1.29 is 18.0 Å². The lowest BCUT2D eigenvalue weighted by Gasteiger charge is -2.15. The molecule has 0 spiro atoms. The lowest BCUT2D eigenvalue weighted by molar-refractivity contribution is -0.113. The summed E-state index contributed by atoms with van der Waals surface area (Å²) in [4.78, 5) is 24.7. The minimum atomic E-state index is -3.52. The highest BCUT2D eigenvalue weighted by molar-refractivity contribution is 8.01. The number of carbonyl (C=O) groups excluding carboxylic acids is 2. The maximum absolute atomic E-state index is 12.6. The summed E-state index contributed by atoms with van der Waals surface area (Å²) >= 11 is 2.37. The van der Waals surface area contributed by atoms with Crippen molar-refractivity contribution in [3.8, 4) is 0 Å². The number of anilines is 2. The number of aromatic nitrogens is 2. The zero-order valence-corrected chi connectivity index (χ0v) is 19.9. The average molecular weight is 504 g/mol. The van der Waals surface area contributed by atoms with Crippen LogP contribution in [0, 0.1) is 0 Å². The molecule has 1 aromatic heterocycles. The zero-order chi connectivity index (χ0) is 23.3. The van der Waals surface area contributed by atoms with Crippen LogP contribution in [0.1, 0.15) is 23.2 Å². The van der Waals surface area contributed by atoms with Gasteiger partial charge in [0.15, 0.2) is 4.34 Å². The van der Waals surface area contributed by atoms with Crippen LogP contribution < -0.4 is 10.6 Å². The van der Waals surface area contributed by atoms with E-state index in [0.717, 1.165) is 24.2 Å². The Morgan fingerprint density at radius 1 is 0.970 bits per heavy atom. The van der Waals surface area contributed by atoms with Crippen LogP contribution in [0.15, 0.2) is 63.8 Å². The van der Waals surface area contributed by atoms with Gasteiger partial charge in [0.25, 0.3) is 5.91 Å². The van der Waals surface area contributed by atoms with Crippen LogP contribution in [0.3, 0.4) is 0 Å². The summed E-state index contributed by atoms with van der Waals surface area (Å²) in [6, 6.07) is 15.0. The van der Waals surface area contributed by atoms with E-state index in [-0.39, 0.29) is 16.6 Å². The number of hydrogen-bond donors (Lipinski definition) is 2. The number of nitrogens with one attached hydrogen (secondary N) is 2. The predicted octanol–water partition coefficient (Wildman–Crippen LogP) is 3.31. The fourth-order valence-corrected chi connectivity index (χ4v) is 6.25. The van der Waals surface area contributed by atoms with Crippen LogP contribution in [0.25, 0.3) is 0 Å². The molecular formula is C21H21N5O4S3. The molecule has 1 aliphatic heterocycles. The number of hydrogen-bond acceptors (Lipinski definition) is 8. The van der Waals surface area contributed by atoms with Gasteiger partial charge in [-0.05, 0) is 49.2 Å². The van der Waals surface area contributed by atoms with E-state index in [9.17, 15) is 18.0 Å². The van der Waals surface area contributed by atoms with E-state index in [1.807, 2.05) is 18.2 Å². The van der Waals surface area contributed by atoms with Crippen molar-refractivity contribution in [1.29, 1.82) is 0 Å². The Morgan fingerprint density at radius 3 is 2.36 bits per heavy atom. The normalized spacial score (nSPS) is 14.2. The van der Waals surface area contributed by atoms with Gasteiger partial charge in [-0.15, -0.1) is 10.2 Å². The molecule has 1 aliphatic rings. The van der Waals surface area contributed by atoms with Gasteiger partial charge in [-0.1, -0.05) is 41.3 Å². The molecule has 3 aromatic rings. The Bertz CT molecular complexity index is 1220. The first-order valence-corrected chi connectivity index (χ1v) is 13.4. The van der Waals surface area contributed by atoms with Crippen molar-refractivity contribution in [3.05, 3.63) is 60.2 Å². The molecule has 1 saturated heterocycles. The topological polar surface area (TPSA) is 121 Å². The minimum absolute atomic E-state index is 0.157. The first kappa shape index (κ1) is 23.4. The highest BCUT2D eigenvalue weighted by Gasteiger charge is 2.27. The van der Waals surface area contributed by atoms with E-state index >= 15 is 0 Å². The number of para-hydroxylation sites is 1. The first-order chi connectivity index (χ1) is 15.9. The van der Waals surface area contributed by atoms with Gasteiger partial charge in [0.1, 0.15) is 0 Å². The quantitative estimate of drug-likeness (QED) is 0.357. The summed E-state index contributed by atoms with van der Waals surface area (Å²) in [7, 11) is -3.52. The molecule has 2 amide bonds. The number of thioether (sulfide) groups is 1. The van der Waals surface area contributed by atoms with Crippen LogP contribution in [0.5, 0.6) is 0 Å². The van der Waals surface area contributed by atoms with E-state index in [0.29, 0.717) is 33.8 Å². The number of nitrogens with zero attached hydrogens (tertiary/aromatic N) is 3. The van der Waals surface area contributed by atoms with Crippen molar-refractivity contribution >= 4 is 55.8 Å². The third kappa shape index (κ3) is 5.96. The number of benzene rings is 2. The summed E-state index contributed by atoms with van der Waals surface area (Å²) in [5, 5.41) is 13.6. The molecule has 33 heavy (non-hydrogen) atoms. The van der Waals surface area contributed by atoms with Crippen LogP contribution in [-0.4, -0.2) is 53.6 Å². The van der Waals surface area contributed by atoms with Gasteiger partial charge < -0.3 is 5.32 Å². The number of carbonyl (C=O) groups is 2. The van der Waals surface area contributed by atoms with Crippen molar-refractivity contribution in [2.75, 3.05) is 29.5 Å². The van der Waals surface area contributed by atoms with Crippen molar-refractivity contribution in [2.24, 2.45) is 0 Å². The summed E-state index contributed by atoms with van der Waals surface area (Å²) in [5.41, 5.74) is 1.02. The Kier molecular flexibility index (Phi) is 7.38. The van der Waals surface area contributed by atoms with Gasteiger partial charge >= 0.3 is 0 Å². The summed E-state index contributed by atoms with van der Waals surface area (Å²) in [6.07, 6.45) is 1.72. The van der Waals surface area contributed by atoms with Gasteiger partial charge in [-0.3, -0.25) is 14.9 Å². The van der Waals surface area contributed by atoms with Crippen molar-refractivity contribution in [1.82, 2.24) is 14.5 Å². The number of amides is 2. The minimum Gasteiger partial charge on any atom is -0.325 e. The van der Waals surface area contributed by atoms with Crippen LogP contribution >= 0.6 is 23.1 Å². The average Bonchev–Trinajstić information content (AvgIpc) is 3.51. The molecule has 0 aliphatic carbocycles. The van der Waals surface area contributed by atoms with E-state index < -0.39 is 15.9 Å². The largest absolute Gasteiger partial charge is 0.325 e. The molecule has 0 saturated carbocycles. The Morgan fingerprint density at radius 2 is 1.67 bits per heavy atom. The van der Waals surface area contributed by atoms with Crippen LogP contribution in [0.4, 0.5) is 10.8 Å². The third-order valence-corrected chi connectivity index (χ3v) is 8.72. The third-order valence-electron chi connectivity index (χ3n) is 4.83. The highest BCUT2D eigenvalue weighted by atomic mass is 32.2. The fraction of sp³-hybridized carbons (Fsp3) is 0.238. The molecule has 0 bridgehead atoms. The monoisotopic (exact) mass is 503 g/mol. The highest BCUT2D eigenvalue weighted by Crippen LogP contribution is 2.26. The first-order valence-electron chi connectivity index (χ1n) is 10.1. The summed E-state index contributed by atoms with van der Waals surface area (Å²) in [5.74, 6) is -0.435. The second kappa shape index (κ2) is 10.4. The number of rotatable bonds is 8. The van der Waals surface area contributed by atoms with Crippen molar-refractivity contribution in [3.63, 3.8) is 0 Å². The molecule has 2 aromatic carbocycles. The Labute approximate surface area is 199 Å². The molecule has 12 heteroatoms. The van der Waals surface area contributed by atoms with Crippen molar-refractivity contribution in [2.45, 2.75) is 22.1 Å². The molecular weight excluding hydrogens is 482 g/mol. The second-order valence-corrected chi connectivity index (χ2v) is 11.3. The Balaban J connectivity index is 1.30. The van der Waals surface area contributed by atoms with Crippen LogP contribution in [-0.2, 0) is 14.8 Å². The maximum atomic E-state index is 12.6. The van der Waals surface area contributed by atoms with E-state index in [4.69, 9.17) is 0 Å². The smallest absolute Gasteiger partial charge is 0.257 e. The van der Waals surface area contributed by atoms with Gasteiger partial charge in [0, 0.05) is 24.3 Å². The van der Waals surface area contributed by atoms with Gasteiger partial charge in [0.05, 0.1) is 10.6 Å². The lowest BCUT2D eigenvalue weighted by Crippen LogP contribution is -2.27. The molecule has 1 fully saturated rings. The lowest BCUT2D eigenvalue weighted by atomic mass is 10.2. The molecule has 4 rings (SSSR count). The molecule has 0 radical (unpaired) electrons. The van der Waals surface area contributed by atoms with Crippen LogP contribution in [0.2, 0.25) is 0 Å². The molecule has 9 nitrogen and oxygen atoms in total. The zero-order valence-electron chi connectivity index (χ0n) is 17.4. The maximum Gasteiger partial charge on any atom is 0.257 e. The molecule has 0 unspecified atom stereocenters. The SMILES string of the molecule is O=C(CSc1nnc(NC(=O)c2ccc(S(=O)(=O)N3CCCC3)cc2)s1)Nc1ccccc1. The summed E-state index contributed by atoms with van der Waals surface area (Å²) < 4.78 is 27.2. The summed E-state index contributed by atoms with van der Waals surface area (Å²) in [6.45, 7) is 1.05. The Hall–Kier alpha value is -2.80. The standard InChI is InChI=1S/C21H21N5O4S3/c27-18(22-16-6-2-1-3-7-16)14-31-21-25-24-20(32-21)23-19(28)15-8-10-17(11-9-15)33(29,30)26-12-4-5-13-26/h1-3,6-11H,4-5,12-14H2,(H,22,27)(H,23,24,28). The van der Waals surface area contributed by atoms with Gasteiger partial charge in [-0.2, -0.15) is 4.31 Å². The van der Waals surface area contributed by atoms with Gasteiger partial charge in [0.2, 0.25) is 21.1 Å². The fourth-order valence-electron chi connectivity index (χ4n) is 3.19. The molecule has 2 N–H and O–H groups in total. The second-order valence-electron chi connectivity index (χ2n) is 7.17. The van der Waals surface area contributed by atoms with Gasteiger partial charge in [-0.25, -0.2) is 8.42 Å². The molecule has 2 heterocycles. The molecule has 172 valence electrons. The predicted molar refractivity (Wildman–Crippen MR) is 128 cm³/mol. The molecule has 0 atom stereocenters. The van der Waals surface area contributed by atoms with E-state index in [1.54, 1.807) is 12.1 Å². The van der Waals surface area contributed by atoms with E-state index in [1.165, 1.54) is 40.3 Å².